The average Bonchev–Trinajstić information content (AvgIpc) is 2.00. The first-order chi connectivity index (χ1) is 5.54. The zero-order valence-electron chi connectivity index (χ0n) is 7.83. The largest absolute Gasteiger partial charge is 0.391 e. The van der Waals surface area contributed by atoms with Gasteiger partial charge in [-0.3, -0.25) is 0 Å². The monoisotopic (exact) mass is 176 g/mol. The van der Waals surface area contributed by atoms with Gasteiger partial charge in [0, 0.05) is 11.8 Å². The summed E-state index contributed by atoms with van der Waals surface area (Å²) < 4.78 is 18.7. The van der Waals surface area contributed by atoms with Crippen molar-refractivity contribution < 1.29 is 14.2 Å². The molecule has 0 saturated carbocycles. The van der Waals surface area contributed by atoms with Gasteiger partial charge in [0.2, 0.25) is 0 Å². The summed E-state index contributed by atoms with van der Waals surface area (Å²) in [6.45, 7) is 5.68. The molecule has 12 heavy (non-hydrogen) atoms. The second kappa shape index (κ2) is 3.71. The van der Waals surface area contributed by atoms with Crippen LogP contribution in [0.15, 0.2) is 0 Å². The molecular formula is C9H17FO2. The van der Waals surface area contributed by atoms with Crippen LogP contribution in [0.25, 0.3) is 0 Å². The van der Waals surface area contributed by atoms with Gasteiger partial charge in [-0.1, -0.05) is 13.8 Å². The van der Waals surface area contributed by atoms with Crippen molar-refractivity contribution in [2.24, 2.45) is 11.8 Å². The summed E-state index contributed by atoms with van der Waals surface area (Å²) in [5.41, 5.74) is 0. The lowest BCUT2D eigenvalue weighted by Gasteiger charge is -2.37. The SMILES string of the molecule is C[C@H]1[C@@H](F)[C@@H](C)CO[C@@H]1[C@@H](C)O. The van der Waals surface area contributed by atoms with E-state index in [0.717, 1.165) is 0 Å². The van der Waals surface area contributed by atoms with Gasteiger partial charge >= 0.3 is 0 Å². The van der Waals surface area contributed by atoms with Gasteiger partial charge in [-0.25, -0.2) is 4.39 Å². The molecule has 1 aliphatic rings. The second-order valence-corrected chi connectivity index (χ2v) is 3.82. The average molecular weight is 176 g/mol. The van der Waals surface area contributed by atoms with Crippen molar-refractivity contribution in [2.75, 3.05) is 6.61 Å². The molecule has 1 rings (SSSR count). The first-order valence-electron chi connectivity index (χ1n) is 4.47. The van der Waals surface area contributed by atoms with E-state index in [1.807, 2.05) is 6.92 Å². The van der Waals surface area contributed by atoms with E-state index < -0.39 is 12.3 Å². The maximum atomic E-state index is 13.4. The molecule has 0 aliphatic carbocycles. The number of halogens is 1. The Balaban J connectivity index is 2.58. The fraction of sp³-hybridized carbons (Fsp3) is 1.00. The van der Waals surface area contributed by atoms with Crippen LogP contribution in [-0.4, -0.2) is 30.1 Å². The number of aliphatic hydroxyl groups excluding tert-OH is 1. The van der Waals surface area contributed by atoms with Crippen LogP contribution >= 0.6 is 0 Å². The molecule has 3 heteroatoms. The molecule has 0 unspecified atom stereocenters. The third-order valence-electron chi connectivity index (χ3n) is 2.59. The zero-order valence-corrected chi connectivity index (χ0v) is 7.83. The molecule has 0 spiro atoms. The molecule has 5 atom stereocenters. The third-order valence-corrected chi connectivity index (χ3v) is 2.59. The molecule has 0 aromatic rings. The van der Waals surface area contributed by atoms with E-state index in [9.17, 15) is 9.50 Å². The molecule has 0 aromatic carbocycles. The molecular weight excluding hydrogens is 159 g/mol. The minimum atomic E-state index is -0.849. The topological polar surface area (TPSA) is 29.5 Å². The van der Waals surface area contributed by atoms with Crippen molar-refractivity contribution in [1.82, 2.24) is 0 Å². The van der Waals surface area contributed by atoms with Crippen molar-refractivity contribution in [1.29, 1.82) is 0 Å². The van der Waals surface area contributed by atoms with Crippen LogP contribution in [0.1, 0.15) is 20.8 Å². The van der Waals surface area contributed by atoms with Gasteiger partial charge in [-0.15, -0.1) is 0 Å². The Bertz CT molecular complexity index is 149. The van der Waals surface area contributed by atoms with E-state index in [4.69, 9.17) is 4.74 Å². The Hall–Kier alpha value is -0.150. The van der Waals surface area contributed by atoms with E-state index in [1.54, 1.807) is 13.8 Å². The highest BCUT2D eigenvalue weighted by Gasteiger charge is 2.37. The van der Waals surface area contributed by atoms with Crippen molar-refractivity contribution in [3.63, 3.8) is 0 Å². The Labute approximate surface area is 72.7 Å². The Kier molecular flexibility index (Phi) is 3.07. The first kappa shape index (κ1) is 9.93. The lowest BCUT2D eigenvalue weighted by molar-refractivity contribution is -0.132. The van der Waals surface area contributed by atoms with Crippen LogP contribution in [0.5, 0.6) is 0 Å². The van der Waals surface area contributed by atoms with E-state index >= 15 is 0 Å². The summed E-state index contributed by atoms with van der Waals surface area (Å²) in [5.74, 6) is -0.247. The quantitative estimate of drug-likeness (QED) is 0.654. The predicted molar refractivity (Wildman–Crippen MR) is 44.6 cm³/mol. The highest BCUT2D eigenvalue weighted by Crippen LogP contribution is 2.29. The van der Waals surface area contributed by atoms with Gasteiger partial charge in [-0.05, 0) is 6.92 Å². The summed E-state index contributed by atoms with van der Waals surface area (Å²) in [7, 11) is 0. The summed E-state index contributed by atoms with van der Waals surface area (Å²) in [5, 5.41) is 9.26. The molecule has 0 amide bonds. The normalized spacial score (nSPS) is 45.8. The molecule has 0 bridgehead atoms. The van der Waals surface area contributed by atoms with Crippen molar-refractivity contribution in [3.8, 4) is 0 Å². The van der Waals surface area contributed by atoms with Gasteiger partial charge in [0.25, 0.3) is 0 Å². The van der Waals surface area contributed by atoms with Crippen molar-refractivity contribution in [3.05, 3.63) is 0 Å². The number of aliphatic hydroxyl groups is 1. The molecule has 1 heterocycles. The standard InChI is InChI=1S/C9H17FO2/c1-5-4-12-9(7(3)11)6(2)8(5)10/h5-9,11H,4H2,1-3H3/t5-,6-,7+,8-,9-/m0/s1. The maximum Gasteiger partial charge on any atom is 0.110 e. The van der Waals surface area contributed by atoms with Crippen molar-refractivity contribution in [2.45, 2.75) is 39.2 Å². The molecule has 1 aliphatic heterocycles. The van der Waals surface area contributed by atoms with Gasteiger partial charge in [-0.2, -0.15) is 0 Å². The first-order valence-corrected chi connectivity index (χ1v) is 4.47. The molecule has 2 nitrogen and oxygen atoms in total. The predicted octanol–water partition coefficient (Wildman–Crippen LogP) is 1.38. The molecule has 0 radical (unpaired) electrons. The van der Waals surface area contributed by atoms with E-state index in [0.29, 0.717) is 6.61 Å². The van der Waals surface area contributed by atoms with Gasteiger partial charge in [0.05, 0.1) is 18.8 Å². The highest BCUT2D eigenvalue weighted by molar-refractivity contribution is 4.85. The van der Waals surface area contributed by atoms with E-state index in [-0.39, 0.29) is 17.9 Å². The third kappa shape index (κ3) is 1.77. The molecule has 72 valence electrons. The van der Waals surface area contributed by atoms with Crippen LogP contribution in [0.2, 0.25) is 0 Å². The fourth-order valence-corrected chi connectivity index (χ4v) is 1.78. The smallest absolute Gasteiger partial charge is 0.110 e. The summed E-state index contributed by atoms with van der Waals surface area (Å²) in [6, 6.07) is 0. The van der Waals surface area contributed by atoms with Gasteiger partial charge < -0.3 is 9.84 Å². The Morgan fingerprint density at radius 3 is 2.58 bits per heavy atom. The van der Waals surface area contributed by atoms with Crippen LogP contribution in [0, 0.1) is 11.8 Å². The number of ether oxygens (including phenoxy) is 1. The van der Waals surface area contributed by atoms with Crippen LogP contribution < -0.4 is 0 Å². The van der Waals surface area contributed by atoms with Gasteiger partial charge in [0.15, 0.2) is 0 Å². The van der Waals surface area contributed by atoms with Crippen LogP contribution in [0.3, 0.4) is 0 Å². The van der Waals surface area contributed by atoms with Gasteiger partial charge in [0.1, 0.15) is 6.17 Å². The summed E-state index contributed by atoms with van der Waals surface area (Å²) >= 11 is 0. The maximum absolute atomic E-state index is 13.4. The minimum absolute atomic E-state index is 0.0463. The molecule has 1 fully saturated rings. The van der Waals surface area contributed by atoms with E-state index in [2.05, 4.69) is 0 Å². The molecule has 1 N–H and O–H groups in total. The Morgan fingerprint density at radius 1 is 1.50 bits per heavy atom. The molecule has 1 saturated heterocycles. The summed E-state index contributed by atoms with van der Waals surface area (Å²) in [4.78, 5) is 0. The fourth-order valence-electron chi connectivity index (χ4n) is 1.78. The van der Waals surface area contributed by atoms with Crippen LogP contribution in [-0.2, 0) is 4.74 Å². The lowest BCUT2D eigenvalue weighted by atomic mass is 9.86. The van der Waals surface area contributed by atoms with Crippen molar-refractivity contribution >= 4 is 0 Å². The molecule has 0 aromatic heterocycles. The number of hydrogen-bond donors (Lipinski definition) is 1. The second-order valence-electron chi connectivity index (χ2n) is 3.82. The van der Waals surface area contributed by atoms with Crippen LogP contribution in [0.4, 0.5) is 4.39 Å². The minimum Gasteiger partial charge on any atom is -0.391 e. The van der Waals surface area contributed by atoms with E-state index in [1.165, 1.54) is 0 Å². The zero-order chi connectivity index (χ0) is 9.30. The Morgan fingerprint density at radius 2 is 2.08 bits per heavy atom. The highest BCUT2D eigenvalue weighted by atomic mass is 19.1. The summed E-state index contributed by atoms with van der Waals surface area (Å²) in [6.07, 6.45) is -1.76. The number of rotatable bonds is 1. The lowest BCUT2D eigenvalue weighted by Crippen LogP contribution is -2.46. The number of alkyl halides is 1. The number of hydrogen-bond acceptors (Lipinski definition) is 2.